The second-order valence-electron chi connectivity index (χ2n) is 5.72. The Balaban J connectivity index is 2.08. The lowest BCUT2D eigenvalue weighted by atomic mass is 9.97. The Labute approximate surface area is 145 Å². The van der Waals surface area contributed by atoms with E-state index in [0.29, 0.717) is 10.8 Å². The van der Waals surface area contributed by atoms with Gasteiger partial charge in [-0.05, 0) is 49.1 Å². The van der Waals surface area contributed by atoms with Gasteiger partial charge in [-0.2, -0.15) is 0 Å². The average Bonchev–Trinajstić information content (AvgIpc) is 2.58. The number of hydrogen-bond acceptors (Lipinski definition) is 2. The first kappa shape index (κ1) is 18.5. The smallest absolute Gasteiger partial charge is 0.237 e. The molecule has 0 heterocycles. The van der Waals surface area contributed by atoms with Crippen molar-refractivity contribution in [3.63, 3.8) is 0 Å². The predicted molar refractivity (Wildman–Crippen MR) is 95.5 cm³/mol. The van der Waals surface area contributed by atoms with Crippen LogP contribution in [0.25, 0.3) is 0 Å². The zero-order chi connectivity index (χ0) is 17.7. The summed E-state index contributed by atoms with van der Waals surface area (Å²) in [5.41, 5.74) is 1.90. The molecular formula is C19H21F2NOS. The standard InChI is InChI=1S/C19H21F2NOS/c1-4-12(2)15-7-5-6-8-18(15)22-19(23)13(3)24-14-9-10-16(20)17(21)11-14/h5-13H,4H2,1-3H3,(H,22,23)/t12-,13-/m1/s1. The summed E-state index contributed by atoms with van der Waals surface area (Å²) in [6.07, 6.45) is 0.978. The largest absolute Gasteiger partial charge is 0.325 e. The molecule has 0 saturated heterocycles. The molecule has 24 heavy (non-hydrogen) atoms. The average molecular weight is 349 g/mol. The lowest BCUT2D eigenvalue weighted by Crippen LogP contribution is -2.23. The van der Waals surface area contributed by atoms with Crippen molar-refractivity contribution < 1.29 is 13.6 Å². The van der Waals surface area contributed by atoms with E-state index in [1.54, 1.807) is 6.92 Å². The van der Waals surface area contributed by atoms with E-state index < -0.39 is 16.9 Å². The number of amides is 1. The summed E-state index contributed by atoms with van der Waals surface area (Å²) >= 11 is 1.20. The normalized spacial score (nSPS) is 13.4. The summed E-state index contributed by atoms with van der Waals surface area (Å²) in [5.74, 6) is -1.62. The Bertz CT molecular complexity index is 720. The van der Waals surface area contributed by atoms with Gasteiger partial charge in [-0.15, -0.1) is 11.8 Å². The molecule has 0 aromatic heterocycles. The van der Waals surface area contributed by atoms with Gasteiger partial charge < -0.3 is 5.32 Å². The molecule has 1 amide bonds. The zero-order valence-electron chi connectivity index (χ0n) is 14.0. The third kappa shape index (κ3) is 4.57. The predicted octanol–water partition coefficient (Wildman–Crippen LogP) is 5.60. The fourth-order valence-electron chi connectivity index (χ4n) is 2.30. The third-order valence-electron chi connectivity index (χ3n) is 3.94. The number of hydrogen-bond donors (Lipinski definition) is 1. The molecule has 0 fully saturated rings. The molecule has 0 spiro atoms. The highest BCUT2D eigenvalue weighted by molar-refractivity contribution is 8.00. The molecule has 0 bridgehead atoms. The van der Waals surface area contributed by atoms with E-state index in [1.165, 1.54) is 17.8 Å². The van der Waals surface area contributed by atoms with Gasteiger partial charge in [0.05, 0.1) is 5.25 Å². The highest BCUT2D eigenvalue weighted by Gasteiger charge is 2.18. The molecule has 5 heteroatoms. The minimum atomic E-state index is -0.908. The molecule has 0 aliphatic rings. The highest BCUT2D eigenvalue weighted by atomic mass is 32.2. The Morgan fingerprint density at radius 3 is 2.50 bits per heavy atom. The first-order valence-electron chi connectivity index (χ1n) is 7.93. The minimum absolute atomic E-state index is 0.166. The number of halogens is 2. The molecule has 0 saturated carbocycles. The van der Waals surface area contributed by atoms with Crippen LogP contribution in [0.5, 0.6) is 0 Å². The van der Waals surface area contributed by atoms with Crippen molar-refractivity contribution in [3.8, 4) is 0 Å². The van der Waals surface area contributed by atoms with E-state index in [4.69, 9.17) is 0 Å². The maximum atomic E-state index is 13.3. The third-order valence-corrected chi connectivity index (χ3v) is 5.03. The zero-order valence-corrected chi connectivity index (χ0v) is 14.8. The number of para-hydroxylation sites is 1. The van der Waals surface area contributed by atoms with Crippen LogP contribution in [0.4, 0.5) is 14.5 Å². The molecule has 0 radical (unpaired) electrons. The Kier molecular flexibility index (Phi) is 6.37. The fraction of sp³-hybridized carbons (Fsp3) is 0.316. The second kappa shape index (κ2) is 8.29. The number of rotatable bonds is 6. The molecule has 2 nitrogen and oxygen atoms in total. The highest BCUT2D eigenvalue weighted by Crippen LogP contribution is 2.29. The molecule has 2 aromatic carbocycles. The van der Waals surface area contributed by atoms with Crippen LogP contribution < -0.4 is 5.32 Å². The van der Waals surface area contributed by atoms with Crippen molar-refractivity contribution in [1.29, 1.82) is 0 Å². The number of carbonyl (C=O) groups excluding carboxylic acids is 1. The van der Waals surface area contributed by atoms with Gasteiger partial charge in [0.2, 0.25) is 5.91 Å². The number of anilines is 1. The topological polar surface area (TPSA) is 29.1 Å². The summed E-state index contributed by atoms with van der Waals surface area (Å²) < 4.78 is 26.2. The molecule has 0 unspecified atom stereocenters. The van der Waals surface area contributed by atoms with Crippen LogP contribution in [0, 0.1) is 11.6 Å². The van der Waals surface area contributed by atoms with Crippen LogP contribution >= 0.6 is 11.8 Å². The lowest BCUT2D eigenvalue weighted by molar-refractivity contribution is -0.115. The van der Waals surface area contributed by atoms with E-state index in [2.05, 4.69) is 19.2 Å². The van der Waals surface area contributed by atoms with Gasteiger partial charge in [0, 0.05) is 10.6 Å². The quantitative estimate of drug-likeness (QED) is 0.688. The second-order valence-corrected chi connectivity index (χ2v) is 7.14. The minimum Gasteiger partial charge on any atom is -0.325 e. The Morgan fingerprint density at radius 2 is 1.83 bits per heavy atom. The van der Waals surface area contributed by atoms with E-state index in [-0.39, 0.29) is 5.91 Å². The summed E-state index contributed by atoms with van der Waals surface area (Å²) in [6, 6.07) is 11.4. The van der Waals surface area contributed by atoms with Crippen LogP contribution in [0.2, 0.25) is 0 Å². The molecule has 0 aliphatic carbocycles. The molecule has 2 atom stereocenters. The van der Waals surface area contributed by atoms with E-state index in [0.717, 1.165) is 29.8 Å². The maximum Gasteiger partial charge on any atom is 0.237 e. The summed E-state index contributed by atoms with van der Waals surface area (Å²) in [6.45, 7) is 5.96. The van der Waals surface area contributed by atoms with Gasteiger partial charge >= 0.3 is 0 Å². The Morgan fingerprint density at radius 1 is 1.12 bits per heavy atom. The molecule has 2 aromatic rings. The van der Waals surface area contributed by atoms with Crippen LogP contribution in [0.3, 0.4) is 0 Å². The van der Waals surface area contributed by atoms with Crippen molar-refractivity contribution in [2.24, 2.45) is 0 Å². The van der Waals surface area contributed by atoms with Crippen LogP contribution in [0.15, 0.2) is 47.4 Å². The monoisotopic (exact) mass is 349 g/mol. The van der Waals surface area contributed by atoms with Crippen LogP contribution in [-0.4, -0.2) is 11.2 Å². The lowest BCUT2D eigenvalue weighted by Gasteiger charge is -2.17. The molecule has 128 valence electrons. The van der Waals surface area contributed by atoms with Gasteiger partial charge in [0.25, 0.3) is 0 Å². The number of thioether (sulfide) groups is 1. The van der Waals surface area contributed by atoms with E-state index >= 15 is 0 Å². The molecule has 2 rings (SSSR count). The van der Waals surface area contributed by atoms with Crippen molar-refractivity contribution >= 4 is 23.4 Å². The fourth-order valence-corrected chi connectivity index (χ4v) is 3.19. The van der Waals surface area contributed by atoms with Gasteiger partial charge in [0.1, 0.15) is 0 Å². The maximum absolute atomic E-state index is 13.3. The molecular weight excluding hydrogens is 328 g/mol. The Hall–Kier alpha value is -1.88. The summed E-state index contributed by atoms with van der Waals surface area (Å²) in [4.78, 5) is 13.0. The van der Waals surface area contributed by atoms with Crippen molar-refractivity contribution in [2.75, 3.05) is 5.32 Å². The summed E-state index contributed by atoms with van der Waals surface area (Å²) in [7, 11) is 0. The van der Waals surface area contributed by atoms with Gasteiger partial charge in [-0.3, -0.25) is 4.79 Å². The van der Waals surface area contributed by atoms with Crippen LogP contribution in [-0.2, 0) is 4.79 Å². The van der Waals surface area contributed by atoms with Crippen molar-refractivity contribution in [2.45, 2.75) is 43.3 Å². The van der Waals surface area contributed by atoms with E-state index in [9.17, 15) is 13.6 Å². The summed E-state index contributed by atoms with van der Waals surface area (Å²) in [5, 5.41) is 2.51. The first-order valence-corrected chi connectivity index (χ1v) is 8.81. The number of carbonyl (C=O) groups is 1. The van der Waals surface area contributed by atoms with Gasteiger partial charge in [-0.25, -0.2) is 8.78 Å². The molecule has 1 N–H and O–H groups in total. The number of nitrogens with one attached hydrogen (secondary N) is 1. The first-order chi connectivity index (χ1) is 11.4. The van der Waals surface area contributed by atoms with E-state index in [1.807, 2.05) is 24.3 Å². The SMILES string of the molecule is CC[C@@H](C)c1ccccc1NC(=O)[C@@H](C)Sc1ccc(F)c(F)c1. The molecule has 0 aliphatic heterocycles. The van der Waals surface area contributed by atoms with Gasteiger partial charge in [-0.1, -0.05) is 32.0 Å². The van der Waals surface area contributed by atoms with Crippen LogP contribution in [0.1, 0.15) is 38.7 Å². The van der Waals surface area contributed by atoms with Crippen molar-refractivity contribution in [1.82, 2.24) is 0 Å². The number of benzene rings is 2. The van der Waals surface area contributed by atoms with Crippen molar-refractivity contribution in [3.05, 3.63) is 59.7 Å². The van der Waals surface area contributed by atoms with Gasteiger partial charge in [0.15, 0.2) is 11.6 Å².